The van der Waals surface area contributed by atoms with Gasteiger partial charge in [0.05, 0.1) is 5.92 Å². The van der Waals surface area contributed by atoms with Crippen LogP contribution in [0.2, 0.25) is 0 Å². The van der Waals surface area contributed by atoms with E-state index in [0.717, 1.165) is 32.2 Å². The predicted octanol–water partition coefficient (Wildman–Crippen LogP) is 0.228. The lowest BCUT2D eigenvalue weighted by atomic mass is 10.0. The fraction of sp³-hybridized carbons (Fsp3) is 0.846. The largest absolute Gasteiger partial charge is 0.396 e. The van der Waals surface area contributed by atoms with Crippen molar-refractivity contribution >= 4 is 11.8 Å². The van der Waals surface area contributed by atoms with Crippen molar-refractivity contribution in [3.05, 3.63) is 0 Å². The van der Waals surface area contributed by atoms with Gasteiger partial charge >= 0.3 is 0 Å². The highest BCUT2D eigenvalue weighted by molar-refractivity contribution is 5.89. The number of hydrogen-bond acceptors (Lipinski definition) is 3. The van der Waals surface area contributed by atoms with E-state index in [9.17, 15) is 9.59 Å². The van der Waals surface area contributed by atoms with E-state index in [0.29, 0.717) is 13.0 Å². The molecule has 0 aliphatic carbocycles. The maximum atomic E-state index is 12.4. The number of carbonyl (C=O) groups is 2. The van der Waals surface area contributed by atoms with Gasteiger partial charge in [0.15, 0.2) is 0 Å². The van der Waals surface area contributed by atoms with Gasteiger partial charge in [-0.25, -0.2) is 0 Å². The molecule has 2 saturated heterocycles. The molecule has 0 aromatic rings. The van der Waals surface area contributed by atoms with Crippen molar-refractivity contribution in [3.63, 3.8) is 0 Å². The van der Waals surface area contributed by atoms with Crippen molar-refractivity contribution in [2.45, 2.75) is 38.1 Å². The molecule has 2 fully saturated rings. The number of nitrogens with zero attached hydrogens (tertiary/aromatic N) is 2. The summed E-state index contributed by atoms with van der Waals surface area (Å²) in [7, 11) is 1.75. The van der Waals surface area contributed by atoms with Gasteiger partial charge < -0.3 is 14.9 Å². The second-order valence-electron chi connectivity index (χ2n) is 5.37. The highest BCUT2D eigenvalue weighted by atomic mass is 16.3. The van der Waals surface area contributed by atoms with Gasteiger partial charge in [0.1, 0.15) is 0 Å². The molecule has 2 atom stereocenters. The second kappa shape index (κ2) is 5.69. The Hall–Kier alpha value is -1.10. The monoisotopic (exact) mass is 254 g/mol. The summed E-state index contributed by atoms with van der Waals surface area (Å²) in [5, 5.41) is 8.88. The van der Waals surface area contributed by atoms with Gasteiger partial charge in [0.2, 0.25) is 11.8 Å². The molecule has 2 aliphatic rings. The van der Waals surface area contributed by atoms with Crippen molar-refractivity contribution in [1.29, 1.82) is 0 Å². The van der Waals surface area contributed by atoms with Crippen molar-refractivity contribution in [3.8, 4) is 0 Å². The van der Waals surface area contributed by atoms with Crippen LogP contribution >= 0.6 is 0 Å². The van der Waals surface area contributed by atoms with Crippen LogP contribution in [0, 0.1) is 5.92 Å². The molecule has 5 heteroatoms. The molecular weight excluding hydrogens is 232 g/mol. The lowest BCUT2D eigenvalue weighted by Crippen LogP contribution is -2.40. The van der Waals surface area contributed by atoms with E-state index in [1.807, 2.05) is 4.90 Å². The molecule has 0 aromatic heterocycles. The number of aliphatic hydroxyl groups excluding tert-OH is 1. The molecule has 2 heterocycles. The minimum atomic E-state index is -0.155. The zero-order valence-electron chi connectivity index (χ0n) is 11.0. The van der Waals surface area contributed by atoms with Crippen LogP contribution in [0.5, 0.6) is 0 Å². The van der Waals surface area contributed by atoms with Crippen molar-refractivity contribution in [2.24, 2.45) is 5.92 Å². The lowest BCUT2D eigenvalue weighted by Gasteiger charge is -2.27. The first-order valence-corrected chi connectivity index (χ1v) is 6.78. The normalized spacial score (nSPS) is 28.2. The van der Waals surface area contributed by atoms with Gasteiger partial charge in [0, 0.05) is 39.2 Å². The quantitative estimate of drug-likeness (QED) is 0.781. The molecule has 0 spiro atoms. The Morgan fingerprint density at radius 2 is 2.28 bits per heavy atom. The Bertz CT molecular complexity index is 332. The molecule has 2 unspecified atom stereocenters. The maximum absolute atomic E-state index is 12.4. The summed E-state index contributed by atoms with van der Waals surface area (Å²) in [6.07, 6.45) is 4.05. The third-order valence-electron chi connectivity index (χ3n) is 4.05. The average molecular weight is 254 g/mol. The van der Waals surface area contributed by atoms with Crippen molar-refractivity contribution < 1.29 is 14.7 Å². The number of amides is 2. The first kappa shape index (κ1) is 13.3. The molecule has 18 heavy (non-hydrogen) atoms. The minimum absolute atomic E-state index is 0.0689. The molecule has 0 aromatic carbocycles. The molecule has 0 bridgehead atoms. The van der Waals surface area contributed by atoms with Crippen LogP contribution in [0.4, 0.5) is 0 Å². The van der Waals surface area contributed by atoms with Crippen LogP contribution in [0.3, 0.4) is 0 Å². The molecule has 2 amide bonds. The van der Waals surface area contributed by atoms with Gasteiger partial charge in [-0.3, -0.25) is 9.59 Å². The standard InChI is InChI=1S/C13H22N2O3/c1-14-9-10(8-12(14)17)13(18)15-6-2-4-11(15)5-3-7-16/h10-11,16H,2-9H2,1H3. The average Bonchev–Trinajstić information content (AvgIpc) is 2.94. The summed E-state index contributed by atoms with van der Waals surface area (Å²) < 4.78 is 0. The lowest BCUT2D eigenvalue weighted by molar-refractivity contribution is -0.136. The zero-order valence-corrected chi connectivity index (χ0v) is 11.0. The fourth-order valence-electron chi connectivity index (χ4n) is 3.02. The van der Waals surface area contributed by atoms with Gasteiger partial charge in [-0.1, -0.05) is 0 Å². The number of likely N-dealkylation sites (tertiary alicyclic amines) is 2. The first-order chi connectivity index (χ1) is 8.63. The van der Waals surface area contributed by atoms with E-state index in [4.69, 9.17) is 5.11 Å². The highest BCUT2D eigenvalue weighted by Crippen LogP contribution is 2.26. The third-order valence-corrected chi connectivity index (χ3v) is 4.05. The maximum Gasteiger partial charge on any atom is 0.228 e. The minimum Gasteiger partial charge on any atom is -0.396 e. The van der Waals surface area contributed by atoms with Gasteiger partial charge in [-0.05, 0) is 25.7 Å². The third kappa shape index (κ3) is 2.66. The van der Waals surface area contributed by atoms with Gasteiger partial charge in [-0.15, -0.1) is 0 Å². The van der Waals surface area contributed by atoms with E-state index in [1.54, 1.807) is 11.9 Å². The van der Waals surface area contributed by atoms with Crippen molar-refractivity contribution in [1.82, 2.24) is 9.80 Å². The number of rotatable bonds is 4. The summed E-state index contributed by atoms with van der Waals surface area (Å²) in [5.74, 6) is 0.0461. The Balaban J connectivity index is 1.93. The van der Waals surface area contributed by atoms with Crippen LogP contribution in [-0.2, 0) is 9.59 Å². The summed E-state index contributed by atoms with van der Waals surface area (Å²) in [4.78, 5) is 27.5. The topological polar surface area (TPSA) is 60.9 Å². The van der Waals surface area contributed by atoms with Crippen LogP contribution < -0.4 is 0 Å². The Morgan fingerprint density at radius 3 is 2.89 bits per heavy atom. The van der Waals surface area contributed by atoms with Crippen molar-refractivity contribution in [2.75, 3.05) is 26.7 Å². The summed E-state index contributed by atoms with van der Waals surface area (Å²) in [6, 6.07) is 0.269. The molecule has 2 aliphatic heterocycles. The van der Waals surface area contributed by atoms with E-state index in [1.165, 1.54) is 0 Å². The van der Waals surface area contributed by atoms with Crippen LogP contribution in [0.25, 0.3) is 0 Å². The first-order valence-electron chi connectivity index (χ1n) is 6.78. The molecule has 0 saturated carbocycles. The van der Waals surface area contributed by atoms with E-state index in [2.05, 4.69) is 0 Å². The predicted molar refractivity (Wildman–Crippen MR) is 66.8 cm³/mol. The fourth-order valence-corrected chi connectivity index (χ4v) is 3.02. The SMILES string of the molecule is CN1CC(C(=O)N2CCCC2CCCO)CC1=O. The van der Waals surface area contributed by atoms with Gasteiger partial charge in [0.25, 0.3) is 0 Å². The molecule has 1 N–H and O–H groups in total. The van der Waals surface area contributed by atoms with E-state index >= 15 is 0 Å². The summed E-state index contributed by atoms with van der Waals surface area (Å²) >= 11 is 0. The van der Waals surface area contributed by atoms with Crippen LogP contribution in [0.1, 0.15) is 32.1 Å². The Labute approximate surface area is 108 Å². The van der Waals surface area contributed by atoms with Crippen LogP contribution in [-0.4, -0.2) is 59.5 Å². The highest BCUT2D eigenvalue weighted by Gasteiger charge is 2.38. The smallest absolute Gasteiger partial charge is 0.228 e. The number of hydrogen-bond donors (Lipinski definition) is 1. The second-order valence-corrected chi connectivity index (χ2v) is 5.37. The zero-order chi connectivity index (χ0) is 13.1. The van der Waals surface area contributed by atoms with Crippen LogP contribution in [0.15, 0.2) is 0 Å². The molecule has 5 nitrogen and oxygen atoms in total. The van der Waals surface area contributed by atoms with E-state index in [-0.39, 0.29) is 30.4 Å². The molecule has 102 valence electrons. The summed E-state index contributed by atoms with van der Waals surface area (Å²) in [5.41, 5.74) is 0. The Morgan fingerprint density at radius 1 is 1.50 bits per heavy atom. The molecular formula is C13H22N2O3. The van der Waals surface area contributed by atoms with Gasteiger partial charge in [-0.2, -0.15) is 0 Å². The van der Waals surface area contributed by atoms with E-state index < -0.39 is 0 Å². The molecule has 2 rings (SSSR count). The summed E-state index contributed by atoms with van der Waals surface area (Å²) in [6.45, 7) is 1.55. The number of carbonyl (C=O) groups excluding carboxylic acids is 2. The Kier molecular flexibility index (Phi) is 4.22. The molecule has 0 radical (unpaired) electrons. The number of aliphatic hydroxyl groups is 1.